The van der Waals surface area contributed by atoms with Gasteiger partial charge in [0.2, 0.25) is 0 Å². The number of hydrogen-bond acceptors (Lipinski definition) is 2. The molecular weight excluding hydrogens is 368 g/mol. The summed E-state index contributed by atoms with van der Waals surface area (Å²) in [5, 5.41) is 4.58. The summed E-state index contributed by atoms with van der Waals surface area (Å²) in [5.41, 5.74) is 0.358. The van der Waals surface area contributed by atoms with E-state index in [-0.39, 0.29) is 0 Å². The minimum atomic E-state index is -0.967. The molecule has 0 bridgehead atoms. The first-order valence-electron chi connectivity index (χ1n) is 7.39. The molecule has 5 heteroatoms. The second-order valence-electron chi connectivity index (χ2n) is 7.08. The highest BCUT2D eigenvalue weighted by Gasteiger charge is 2.63. The number of hydrogen-bond donors (Lipinski definition) is 0. The fraction of sp³-hybridized carbons (Fsp3) is 0.800. The molecule has 2 unspecified atom stereocenters. The van der Waals surface area contributed by atoms with Crippen molar-refractivity contribution in [1.29, 1.82) is 0 Å². The fourth-order valence-electron chi connectivity index (χ4n) is 4.10. The number of rotatable bonds is 4. The van der Waals surface area contributed by atoms with Gasteiger partial charge in [0.1, 0.15) is 9.37 Å². The Bertz CT molecular complexity index is 499. The number of fused-ring (bicyclic) bond motifs is 1. The molecule has 2 saturated carbocycles. The standard InChI is InChI=1S/C15H23FIN3/c1-9(2)20-12(5-13(17)18-20)14-10-6-15(16,7-11(10)14)8-19(3)4/h5,9-11,14H,6-8H2,1-4H3/t10-,11+,14?,15?. The lowest BCUT2D eigenvalue weighted by molar-refractivity contribution is 0.107. The summed E-state index contributed by atoms with van der Waals surface area (Å²) >= 11 is 2.28. The summed E-state index contributed by atoms with van der Waals surface area (Å²) in [7, 11) is 3.91. The molecule has 1 aromatic heterocycles. The Morgan fingerprint density at radius 1 is 1.45 bits per heavy atom. The molecule has 20 heavy (non-hydrogen) atoms. The van der Waals surface area contributed by atoms with Crippen molar-refractivity contribution >= 4 is 22.6 Å². The molecule has 0 N–H and O–H groups in total. The molecule has 0 amide bonds. The van der Waals surface area contributed by atoms with E-state index in [4.69, 9.17) is 0 Å². The van der Waals surface area contributed by atoms with E-state index in [1.165, 1.54) is 5.69 Å². The van der Waals surface area contributed by atoms with Gasteiger partial charge < -0.3 is 4.90 Å². The molecule has 3 nitrogen and oxygen atoms in total. The average molecular weight is 391 g/mol. The van der Waals surface area contributed by atoms with Crippen molar-refractivity contribution in [2.24, 2.45) is 11.8 Å². The van der Waals surface area contributed by atoms with Crippen LogP contribution in [0.25, 0.3) is 0 Å². The quantitative estimate of drug-likeness (QED) is 0.734. The summed E-state index contributed by atoms with van der Waals surface area (Å²) in [6.45, 7) is 4.89. The number of alkyl halides is 1. The SMILES string of the molecule is CC(C)n1nc(I)cc1C1[C@H]2CC(F)(CN(C)C)C[C@@H]12. The van der Waals surface area contributed by atoms with E-state index in [2.05, 4.69) is 52.3 Å². The highest BCUT2D eigenvalue weighted by molar-refractivity contribution is 14.1. The van der Waals surface area contributed by atoms with E-state index in [0.717, 1.165) is 16.5 Å². The molecule has 1 heterocycles. The molecule has 4 atom stereocenters. The zero-order valence-corrected chi connectivity index (χ0v) is 14.8. The summed E-state index contributed by atoms with van der Waals surface area (Å²) in [6, 6.07) is 2.57. The van der Waals surface area contributed by atoms with Crippen LogP contribution in [-0.4, -0.2) is 41.0 Å². The van der Waals surface area contributed by atoms with E-state index < -0.39 is 5.67 Å². The van der Waals surface area contributed by atoms with Gasteiger partial charge in [-0.3, -0.25) is 4.68 Å². The van der Waals surface area contributed by atoms with E-state index in [1.54, 1.807) is 0 Å². The second kappa shape index (κ2) is 4.93. The largest absolute Gasteiger partial charge is 0.306 e. The van der Waals surface area contributed by atoms with Gasteiger partial charge in [0.15, 0.2) is 0 Å². The van der Waals surface area contributed by atoms with Crippen molar-refractivity contribution < 1.29 is 4.39 Å². The minimum absolute atomic E-state index is 0.381. The van der Waals surface area contributed by atoms with Crippen molar-refractivity contribution in [3.63, 3.8) is 0 Å². The third kappa shape index (κ3) is 2.51. The maximum absolute atomic E-state index is 14.7. The van der Waals surface area contributed by atoms with Crippen LogP contribution in [0.3, 0.4) is 0 Å². The van der Waals surface area contributed by atoms with Gasteiger partial charge in [0.25, 0.3) is 0 Å². The lowest BCUT2D eigenvalue weighted by Gasteiger charge is -2.26. The van der Waals surface area contributed by atoms with Crippen molar-refractivity contribution in [3.8, 4) is 0 Å². The highest BCUT2D eigenvalue weighted by atomic mass is 127. The predicted octanol–water partition coefficient (Wildman–Crippen LogP) is 3.46. The molecule has 0 spiro atoms. The molecule has 1 aromatic rings. The van der Waals surface area contributed by atoms with Crippen LogP contribution >= 0.6 is 22.6 Å². The van der Waals surface area contributed by atoms with Crippen molar-refractivity contribution in [2.45, 2.75) is 44.3 Å². The Morgan fingerprint density at radius 3 is 2.55 bits per heavy atom. The smallest absolute Gasteiger partial charge is 0.124 e. The molecule has 2 aliphatic rings. The predicted molar refractivity (Wildman–Crippen MR) is 86.7 cm³/mol. The Balaban J connectivity index is 1.73. The Morgan fingerprint density at radius 2 is 2.05 bits per heavy atom. The highest BCUT2D eigenvalue weighted by Crippen LogP contribution is 2.66. The first-order chi connectivity index (χ1) is 9.31. The van der Waals surface area contributed by atoms with Gasteiger partial charge in [-0.15, -0.1) is 0 Å². The van der Waals surface area contributed by atoms with E-state index in [1.807, 2.05) is 19.0 Å². The van der Waals surface area contributed by atoms with Crippen LogP contribution < -0.4 is 0 Å². The molecule has 2 fully saturated rings. The lowest BCUT2D eigenvalue weighted by Crippen LogP contribution is -2.35. The number of halogens is 2. The third-order valence-corrected chi connectivity index (χ3v) is 5.23. The van der Waals surface area contributed by atoms with Gasteiger partial charge in [-0.1, -0.05) is 0 Å². The van der Waals surface area contributed by atoms with Gasteiger partial charge >= 0.3 is 0 Å². The first-order valence-corrected chi connectivity index (χ1v) is 8.47. The third-order valence-electron chi connectivity index (χ3n) is 4.70. The fourth-order valence-corrected chi connectivity index (χ4v) is 4.66. The normalized spacial score (nSPS) is 35.9. The van der Waals surface area contributed by atoms with Crippen molar-refractivity contribution in [2.75, 3.05) is 20.6 Å². The van der Waals surface area contributed by atoms with Gasteiger partial charge in [-0.2, -0.15) is 5.10 Å². The van der Waals surface area contributed by atoms with Crippen molar-refractivity contribution in [3.05, 3.63) is 15.5 Å². The first kappa shape index (κ1) is 14.8. The summed E-state index contributed by atoms with van der Waals surface area (Å²) in [4.78, 5) is 1.97. The second-order valence-corrected chi connectivity index (χ2v) is 8.19. The van der Waals surface area contributed by atoms with Crippen LogP contribution in [-0.2, 0) is 0 Å². The van der Waals surface area contributed by atoms with E-state index in [0.29, 0.717) is 30.3 Å². The van der Waals surface area contributed by atoms with Crippen LogP contribution in [0.15, 0.2) is 6.07 Å². The minimum Gasteiger partial charge on any atom is -0.306 e. The molecule has 3 rings (SSSR count). The maximum Gasteiger partial charge on any atom is 0.124 e. The van der Waals surface area contributed by atoms with Crippen LogP contribution in [0.1, 0.15) is 44.3 Å². The molecule has 0 aromatic carbocycles. The zero-order valence-electron chi connectivity index (χ0n) is 12.6. The van der Waals surface area contributed by atoms with Gasteiger partial charge in [-0.05, 0) is 81.3 Å². The van der Waals surface area contributed by atoms with Crippen molar-refractivity contribution in [1.82, 2.24) is 14.7 Å². The molecular formula is C15H23FIN3. The van der Waals surface area contributed by atoms with Gasteiger partial charge in [-0.25, -0.2) is 4.39 Å². The molecule has 2 aliphatic carbocycles. The molecule has 0 aliphatic heterocycles. The van der Waals surface area contributed by atoms with Gasteiger partial charge in [0, 0.05) is 24.2 Å². The molecule has 0 radical (unpaired) electrons. The Hall–Kier alpha value is -0.170. The number of nitrogens with zero attached hydrogens (tertiary/aromatic N) is 3. The molecule has 112 valence electrons. The average Bonchev–Trinajstić information content (AvgIpc) is 2.68. The van der Waals surface area contributed by atoms with Crippen LogP contribution in [0.4, 0.5) is 4.39 Å². The van der Waals surface area contributed by atoms with Crippen LogP contribution in [0, 0.1) is 15.5 Å². The maximum atomic E-state index is 14.7. The number of aromatic nitrogens is 2. The van der Waals surface area contributed by atoms with Gasteiger partial charge in [0.05, 0.1) is 0 Å². The molecule has 0 saturated heterocycles. The van der Waals surface area contributed by atoms with E-state index >= 15 is 0 Å². The summed E-state index contributed by atoms with van der Waals surface area (Å²) in [5.74, 6) is 1.61. The summed E-state index contributed by atoms with van der Waals surface area (Å²) in [6.07, 6.45) is 1.45. The van der Waals surface area contributed by atoms with E-state index in [9.17, 15) is 4.39 Å². The zero-order chi connectivity index (χ0) is 14.7. The lowest BCUT2D eigenvalue weighted by atomic mass is 9.95. The topological polar surface area (TPSA) is 21.1 Å². The van der Waals surface area contributed by atoms with Crippen LogP contribution in [0.5, 0.6) is 0 Å². The Labute approximate surface area is 134 Å². The van der Waals surface area contributed by atoms with Crippen LogP contribution in [0.2, 0.25) is 0 Å². The Kier molecular flexibility index (Phi) is 3.64. The monoisotopic (exact) mass is 391 g/mol. The summed E-state index contributed by atoms with van der Waals surface area (Å²) < 4.78 is 17.9.